The highest BCUT2D eigenvalue weighted by Crippen LogP contribution is 1.75. The van der Waals surface area contributed by atoms with Crippen LogP contribution in [0.4, 0.5) is 0 Å². The van der Waals surface area contributed by atoms with Crippen molar-refractivity contribution in [2.75, 3.05) is 27.3 Å². The number of hydrogen-bond donors (Lipinski definition) is 0. The molecule has 0 spiro atoms. The van der Waals surface area contributed by atoms with E-state index in [0.29, 0.717) is 0 Å². The molecule has 0 fully saturated rings. The third-order valence-electron chi connectivity index (χ3n) is 0.828. The van der Waals surface area contributed by atoms with E-state index in [1.807, 2.05) is 11.9 Å². The number of likely N-dealkylation sites (N-methyl/N-ethyl adjacent to an activating group) is 1. The van der Waals surface area contributed by atoms with Crippen LogP contribution in [-0.2, 0) is 4.74 Å². The third kappa shape index (κ3) is 4.02. The Morgan fingerprint density at radius 3 is 2.75 bits per heavy atom. The van der Waals surface area contributed by atoms with Gasteiger partial charge in [0.15, 0.2) is 0 Å². The van der Waals surface area contributed by atoms with Crippen molar-refractivity contribution in [1.29, 1.82) is 0 Å². The highest BCUT2D eigenvalue weighted by Gasteiger charge is 1.86. The largest absolute Gasteiger partial charge is 0.383 e. The zero-order valence-electron chi connectivity index (χ0n) is 5.26. The van der Waals surface area contributed by atoms with Crippen molar-refractivity contribution in [3.63, 3.8) is 0 Å². The van der Waals surface area contributed by atoms with Crippen molar-refractivity contribution in [2.24, 2.45) is 0 Å². The summed E-state index contributed by atoms with van der Waals surface area (Å²) in [7, 11) is 3.60. The number of methoxy groups -OCH3 is 1. The molecule has 0 aromatic heterocycles. The van der Waals surface area contributed by atoms with Gasteiger partial charge in [0.2, 0.25) is 0 Å². The molecular formula is C5H11NOS. The summed E-state index contributed by atoms with van der Waals surface area (Å²) in [6, 6.07) is 0. The van der Waals surface area contributed by atoms with Gasteiger partial charge in [-0.3, -0.25) is 0 Å². The minimum atomic E-state index is 0.740. The molecule has 0 heterocycles. The Morgan fingerprint density at radius 1 is 1.75 bits per heavy atom. The van der Waals surface area contributed by atoms with Crippen LogP contribution in [0.2, 0.25) is 0 Å². The van der Waals surface area contributed by atoms with Crippen molar-refractivity contribution >= 4 is 17.7 Å². The molecule has 0 saturated heterocycles. The van der Waals surface area contributed by atoms with Gasteiger partial charge in [0, 0.05) is 20.7 Å². The molecule has 0 aliphatic heterocycles. The fourth-order valence-corrected chi connectivity index (χ4v) is 0.393. The zero-order valence-corrected chi connectivity index (χ0v) is 6.07. The Bertz CT molecular complexity index is 67.4. The molecule has 0 aliphatic rings. The van der Waals surface area contributed by atoms with Crippen LogP contribution in [0.5, 0.6) is 0 Å². The molecule has 2 nitrogen and oxygen atoms in total. The molecule has 0 amide bonds. The molecule has 8 heavy (non-hydrogen) atoms. The molecule has 48 valence electrons. The quantitative estimate of drug-likeness (QED) is 0.519. The average Bonchev–Trinajstić information content (AvgIpc) is 1.83. The van der Waals surface area contributed by atoms with E-state index in [-0.39, 0.29) is 0 Å². The molecule has 0 aromatic rings. The highest BCUT2D eigenvalue weighted by atomic mass is 32.1. The molecular weight excluding hydrogens is 122 g/mol. The fraction of sp³-hybridized carbons (Fsp3) is 0.800. The Labute approximate surface area is 55.4 Å². The van der Waals surface area contributed by atoms with E-state index < -0.39 is 0 Å². The van der Waals surface area contributed by atoms with Crippen LogP contribution in [-0.4, -0.2) is 37.7 Å². The van der Waals surface area contributed by atoms with Gasteiger partial charge in [0.1, 0.15) is 0 Å². The Balaban J connectivity index is 2.98. The second-order valence-electron chi connectivity index (χ2n) is 1.58. The fourth-order valence-electron chi connectivity index (χ4n) is 0.288. The van der Waals surface area contributed by atoms with Gasteiger partial charge in [0.25, 0.3) is 0 Å². The number of ether oxygens (including phenoxy) is 1. The summed E-state index contributed by atoms with van der Waals surface area (Å²) < 4.78 is 4.81. The number of hydrogen-bond acceptors (Lipinski definition) is 2. The normalized spacial score (nSPS) is 8.75. The van der Waals surface area contributed by atoms with E-state index in [1.165, 1.54) is 0 Å². The lowest BCUT2D eigenvalue weighted by molar-refractivity contribution is 0.184. The molecule has 0 aliphatic carbocycles. The lowest BCUT2D eigenvalue weighted by Crippen LogP contribution is -2.19. The third-order valence-corrected chi connectivity index (χ3v) is 1.19. The molecule has 0 aromatic carbocycles. The van der Waals surface area contributed by atoms with Crippen molar-refractivity contribution < 1.29 is 4.74 Å². The van der Waals surface area contributed by atoms with E-state index in [2.05, 4.69) is 12.2 Å². The van der Waals surface area contributed by atoms with Gasteiger partial charge in [0.05, 0.1) is 12.1 Å². The van der Waals surface area contributed by atoms with Crippen molar-refractivity contribution in [2.45, 2.75) is 0 Å². The molecule has 0 saturated carbocycles. The van der Waals surface area contributed by atoms with Crippen LogP contribution < -0.4 is 0 Å². The van der Waals surface area contributed by atoms with E-state index >= 15 is 0 Å². The summed E-state index contributed by atoms with van der Waals surface area (Å²) in [5, 5.41) is 0. The van der Waals surface area contributed by atoms with Gasteiger partial charge in [-0.2, -0.15) is 0 Å². The Kier molecular flexibility index (Phi) is 4.90. The summed E-state index contributed by atoms with van der Waals surface area (Å²) >= 11 is 4.63. The number of thiocarbonyl (C=S) groups is 1. The SMILES string of the molecule is COCCN(C)C=S. The van der Waals surface area contributed by atoms with E-state index in [4.69, 9.17) is 4.74 Å². The van der Waals surface area contributed by atoms with Gasteiger partial charge in [-0.05, 0) is 0 Å². The minimum Gasteiger partial charge on any atom is -0.383 e. The lowest BCUT2D eigenvalue weighted by atomic mass is 10.6. The average molecular weight is 133 g/mol. The molecule has 0 radical (unpaired) electrons. The van der Waals surface area contributed by atoms with Crippen LogP contribution in [0, 0.1) is 0 Å². The second kappa shape index (κ2) is 5.00. The van der Waals surface area contributed by atoms with E-state index in [1.54, 1.807) is 12.6 Å². The van der Waals surface area contributed by atoms with Gasteiger partial charge < -0.3 is 9.64 Å². The summed E-state index contributed by atoms with van der Waals surface area (Å²) in [6.45, 7) is 1.61. The number of rotatable bonds is 4. The number of nitrogens with zero attached hydrogens (tertiary/aromatic N) is 1. The first-order chi connectivity index (χ1) is 3.81. The maximum absolute atomic E-state index is 4.81. The van der Waals surface area contributed by atoms with Crippen LogP contribution in [0.3, 0.4) is 0 Å². The Hall–Kier alpha value is -0.150. The first-order valence-corrected chi connectivity index (χ1v) is 2.93. The molecule has 3 heteroatoms. The first kappa shape index (κ1) is 7.85. The highest BCUT2D eigenvalue weighted by molar-refractivity contribution is 7.78. The molecule has 0 unspecified atom stereocenters. The second-order valence-corrected chi connectivity index (χ2v) is 1.79. The van der Waals surface area contributed by atoms with Gasteiger partial charge >= 0.3 is 0 Å². The maximum Gasteiger partial charge on any atom is 0.0639 e. The molecule has 0 rings (SSSR count). The van der Waals surface area contributed by atoms with Crippen LogP contribution in [0.25, 0.3) is 0 Å². The van der Waals surface area contributed by atoms with Crippen LogP contribution in [0.1, 0.15) is 0 Å². The van der Waals surface area contributed by atoms with Crippen molar-refractivity contribution in [3.8, 4) is 0 Å². The predicted octanol–water partition coefficient (Wildman–Crippen LogP) is 0.522. The van der Waals surface area contributed by atoms with Gasteiger partial charge in [-0.15, -0.1) is 0 Å². The summed E-state index contributed by atoms with van der Waals surface area (Å²) in [4.78, 5) is 1.90. The topological polar surface area (TPSA) is 12.5 Å². The maximum atomic E-state index is 4.81. The molecule has 0 N–H and O–H groups in total. The van der Waals surface area contributed by atoms with Crippen LogP contribution in [0.15, 0.2) is 0 Å². The van der Waals surface area contributed by atoms with Gasteiger partial charge in [-0.1, -0.05) is 12.2 Å². The summed E-state index contributed by atoms with van der Waals surface area (Å²) in [5.41, 5.74) is 1.61. The summed E-state index contributed by atoms with van der Waals surface area (Å²) in [6.07, 6.45) is 0. The lowest BCUT2D eigenvalue weighted by Gasteiger charge is -2.09. The smallest absolute Gasteiger partial charge is 0.0639 e. The van der Waals surface area contributed by atoms with Crippen molar-refractivity contribution in [1.82, 2.24) is 4.90 Å². The van der Waals surface area contributed by atoms with E-state index in [0.717, 1.165) is 13.2 Å². The molecule has 0 atom stereocenters. The Morgan fingerprint density at radius 2 is 2.38 bits per heavy atom. The van der Waals surface area contributed by atoms with Crippen LogP contribution >= 0.6 is 12.2 Å². The monoisotopic (exact) mass is 133 g/mol. The van der Waals surface area contributed by atoms with Gasteiger partial charge in [-0.25, -0.2) is 0 Å². The van der Waals surface area contributed by atoms with E-state index in [9.17, 15) is 0 Å². The molecule has 0 bridgehead atoms. The zero-order chi connectivity index (χ0) is 6.41. The summed E-state index contributed by atoms with van der Waals surface area (Å²) in [5.74, 6) is 0. The standard InChI is InChI=1S/C5H11NOS/c1-6(5-8)3-4-7-2/h5H,3-4H2,1-2H3. The van der Waals surface area contributed by atoms with Crippen molar-refractivity contribution in [3.05, 3.63) is 0 Å². The minimum absolute atomic E-state index is 0.740. The first-order valence-electron chi connectivity index (χ1n) is 2.45. The predicted molar refractivity (Wildman–Crippen MR) is 38.2 cm³/mol.